The van der Waals surface area contributed by atoms with Crippen molar-refractivity contribution in [1.29, 1.82) is 0 Å². The number of anilines is 1. The Balaban J connectivity index is 1.21. The highest BCUT2D eigenvalue weighted by molar-refractivity contribution is 7.93. The number of carbonyl (C=O) groups is 1. The number of hydrogen-bond acceptors (Lipinski definition) is 6. The molecule has 0 bridgehead atoms. The van der Waals surface area contributed by atoms with Crippen molar-refractivity contribution in [2.75, 3.05) is 30.9 Å². The van der Waals surface area contributed by atoms with Crippen LogP contribution in [0.2, 0.25) is 0 Å². The van der Waals surface area contributed by atoms with Gasteiger partial charge < -0.3 is 4.90 Å². The van der Waals surface area contributed by atoms with Crippen LogP contribution in [0.1, 0.15) is 21.6 Å². The summed E-state index contributed by atoms with van der Waals surface area (Å²) in [5.74, 6) is -0.240. The summed E-state index contributed by atoms with van der Waals surface area (Å²) in [6.07, 6.45) is -1.61. The fourth-order valence-corrected chi connectivity index (χ4v) is 5.75. The van der Waals surface area contributed by atoms with E-state index in [1.807, 2.05) is 4.90 Å². The van der Waals surface area contributed by atoms with E-state index >= 15 is 0 Å². The number of piperazine rings is 1. The smallest absolute Gasteiger partial charge is 0.336 e. The summed E-state index contributed by atoms with van der Waals surface area (Å²) in [6.45, 7) is 1.52. The van der Waals surface area contributed by atoms with Gasteiger partial charge in [-0.05, 0) is 48.5 Å². The van der Waals surface area contributed by atoms with Gasteiger partial charge in [0.25, 0.3) is 15.9 Å². The number of rotatable bonds is 6. The first-order valence-corrected chi connectivity index (χ1v) is 13.6. The number of fused-ring (bicyclic) bond motifs is 1. The van der Waals surface area contributed by atoms with Gasteiger partial charge in [0.1, 0.15) is 4.90 Å². The van der Waals surface area contributed by atoms with E-state index in [0.717, 1.165) is 6.07 Å². The van der Waals surface area contributed by atoms with E-state index in [4.69, 9.17) is 0 Å². The third-order valence-electron chi connectivity index (χ3n) is 6.50. The summed E-state index contributed by atoms with van der Waals surface area (Å²) in [5, 5.41) is 0.697. The van der Waals surface area contributed by atoms with Crippen LogP contribution in [0.25, 0.3) is 10.9 Å². The maximum absolute atomic E-state index is 13.3. The zero-order valence-corrected chi connectivity index (χ0v) is 21.4. The SMILES string of the molecule is O=C(c1ccc(NS(=O)(=O)c2cccc3cccnc23)cc1)N1CCN(Cc2ncccc2C(F)(F)F)CC1. The van der Waals surface area contributed by atoms with Crippen LogP contribution < -0.4 is 4.72 Å². The molecule has 8 nitrogen and oxygen atoms in total. The second kappa shape index (κ2) is 10.6. The van der Waals surface area contributed by atoms with E-state index in [2.05, 4.69) is 14.7 Å². The molecule has 0 atom stereocenters. The number of sulfonamides is 1. The molecule has 39 heavy (non-hydrogen) atoms. The predicted molar refractivity (Wildman–Crippen MR) is 139 cm³/mol. The number of carbonyl (C=O) groups excluding carboxylic acids is 1. The number of nitrogens with zero attached hydrogens (tertiary/aromatic N) is 4. The van der Waals surface area contributed by atoms with Gasteiger partial charge in [-0.25, -0.2) is 8.42 Å². The molecule has 1 aliphatic heterocycles. The molecule has 1 N–H and O–H groups in total. The monoisotopic (exact) mass is 555 g/mol. The van der Waals surface area contributed by atoms with E-state index in [0.29, 0.717) is 48.3 Å². The molecule has 1 amide bonds. The first kappa shape index (κ1) is 26.6. The van der Waals surface area contributed by atoms with Gasteiger partial charge in [0.2, 0.25) is 0 Å². The minimum absolute atomic E-state index is 0.0397. The predicted octanol–water partition coefficient (Wildman–Crippen LogP) is 4.41. The van der Waals surface area contributed by atoms with Crippen LogP contribution in [0.4, 0.5) is 18.9 Å². The number of amides is 1. The van der Waals surface area contributed by atoms with Crippen LogP contribution in [-0.2, 0) is 22.7 Å². The molecular formula is C27H24F3N5O3S. The summed E-state index contributed by atoms with van der Waals surface area (Å²) in [7, 11) is -3.93. The molecule has 0 aliphatic carbocycles. The molecule has 1 aliphatic rings. The zero-order chi connectivity index (χ0) is 27.6. The number of halogens is 3. The third kappa shape index (κ3) is 5.86. The van der Waals surface area contributed by atoms with Gasteiger partial charge in [-0.3, -0.25) is 24.4 Å². The Labute approximate surface area is 223 Å². The molecule has 3 heterocycles. The Morgan fingerprint density at radius 3 is 2.26 bits per heavy atom. The third-order valence-corrected chi connectivity index (χ3v) is 7.91. The Kier molecular flexibility index (Phi) is 7.23. The standard InChI is InChI=1S/C27H24F3N5O3S/c28-27(29,30)22-6-3-12-31-23(22)18-34-14-16-35(17-15-34)26(36)20-8-10-21(11-9-20)33-39(37,38)24-7-1-4-19-5-2-13-32-25(19)24/h1-13,33H,14-18H2. The molecule has 0 spiro atoms. The Morgan fingerprint density at radius 1 is 0.872 bits per heavy atom. The van der Waals surface area contributed by atoms with E-state index in [1.165, 1.54) is 48.8 Å². The summed E-state index contributed by atoms with van der Waals surface area (Å²) in [6, 6.07) is 16.8. The van der Waals surface area contributed by atoms with Crippen molar-refractivity contribution in [2.24, 2.45) is 0 Å². The minimum atomic E-state index is -4.48. The molecule has 0 unspecified atom stereocenters. The second-order valence-electron chi connectivity index (χ2n) is 9.08. The number of para-hydroxylation sites is 1. The van der Waals surface area contributed by atoms with Gasteiger partial charge in [0.15, 0.2) is 0 Å². The van der Waals surface area contributed by atoms with Crippen LogP contribution in [-0.4, -0.2) is 60.3 Å². The quantitative estimate of drug-likeness (QED) is 0.379. The molecule has 0 saturated carbocycles. The Bertz CT molecular complexity index is 1600. The Morgan fingerprint density at radius 2 is 1.54 bits per heavy atom. The largest absolute Gasteiger partial charge is 0.418 e. The molecule has 1 saturated heterocycles. The van der Waals surface area contributed by atoms with E-state index in [1.54, 1.807) is 29.2 Å². The number of alkyl halides is 3. The Hall–Kier alpha value is -4.03. The molecule has 12 heteroatoms. The van der Waals surface area contributed by atoms with Crippen molar-refractivity contribution >= 4 is 32.5 Å². The maximum atomic E-state index is 13.3. The van der Waals surface area contributed by atoms with Crippen LogP contribution in [0, 0.1) is 0 Å². The molecule has 2 aromatic heterocycles. The number of nitrogens with one attached hydrogen (secondary N) is 1. The van der Waals surface area contributed by atoms with E-state index in [9.17, 15) is 26.4 Å². The lowest BCUT2D eigenvalue weighted by molar-refractivity contribution is -0.138. The number of benzene rings is 2. The van der Waals surface area contributed by atoms with Crippen LogP contribution in [0.15, 0.2) is 84.0 Å². The lowest BCUT2D eigenvalue weighted by Gasteiger charge is -2.35. The number of aromatic nitrogens is 2. The lowest BCUT2D eigenvalue weighted by atomic mass is 10.1. The fraction of sp³-hybridized carbons (Fsp3) is 0.222. The van der Waals surface area contributed by atoms with Crippen molar-refractivity contribution in [1.82, 2.24) is 19.8 Å². The second-order valence-corrected chi connectivity index (χ2v) is 10.7. The van der Waals surface area contributed by atoms with Crippen LogP contribution >= 0.6 is 0 Å². The molecule has 0 radical (unpaired) electrons. The molecule has 4 aromatic rings. The van der Waals surface area contributed by atoms with Crippen molar-refractivity contribution in [3.8, 4) is 0 Å². The molecule has 1 fully saturated rings. The average molecular weight is 556 g/mol. The average Bonchev–Trinajstić information content (AvgIpc) is 2.93. The first-order valence-electron chi connectivity index (χ1n) is 12.1. The maximum Gasteiger partial charge on any atom is 0.418 e. The highest BCUT2D eigenvalue weighted by Crippen LogP contribution is 2.31. The van der Waals surface area contributed by atoms with Gasteiger partial charge in [0, 0.05) is 61.8 Å². The topological polar surface area (TPSA) is 95.5 Å². The van der Waals surface area contributed by atoms with Gasteiger partial charge in [-0.1, -0.05) is 18.2 Å². The van der Waals surface area contributed by atoms with Gasteiger partial charge >= 0.3 is 6.18 Å². The summed E-state index contributed by atoms with van der Waals surface area (Å²) < 4.78 is 68.4. The lowest BCUT2D eigenvalue weighted by Crippen LogP contribution is -2.48. The molecule has 2 aromatic carbocycles. The highest BCUT2D eigenvalue weighted by atomic mass is 32.2. The van der Waals surface area contributed by atoms with Crippen LogP contribution in [0.3, 0.4) is 0 Å². The number of pyridine rings is 2. The zero-order valence-electron chi connectivity index (χ0n) is 20.6. The molecular weight excluding hydrogens is 531 g/mol. The van der Waals surface area contributed by atoms with Gasteiger partial charge in [-0.2, -0.15) is 13.2 Å². The minimum Gasteiger partial charge on any atom is -0.336 e. The highest BCUT2D eigenvalue weighted by Gasteiger charge is 2.34. The summed E-state index contributed by atoms with van der Waals surface area (Å²) in [5.41, 5.74) is 0.233. The van der Waals surface area contributed by atoms with Gasteiger partial charge in [0.05, 0.1) is 16.8 Å². The first-order chi connectivity index (χ1) is 18.6. The fourth-order valence-electron chi connectivity index (χ4n) is 4.51. The van der Waals surface area contributed by atoms with Crippen molar-refractivity contribution in [2.45, 2.75) is 17.6 Å². The molecule has 5 rings (SSSR count). The summed E-state index contributed by atoms with van der Waals surface area (Å²) >= 11 is 0. The van der Waals surface area contributed by atoms with E-state index in [-0.39, 0.29) is 23.0 Å². The molecule has 202 valence electrons. The normalized spacial score (nSPS) is 14.9. The number of hydrogen-bond donors (Lipinski definition) is 1. The van der Waals surface area contributed by atoms with E-state index < -0.39 is 21.8 Å². The van der Waals surface area contributed by atoms with Crippen molar-refractivity contribution < 1.29 is 26.4 Å². The van der Waals surface area contributed by atoms with Gasteiger partial charge in [-0.15, -0.1) is 0 Å². The summed E-state index contributed by atoms with van der Waals surface area (Å²) in [4.78, 5) is 24.6. The van der Waals surface area contributed by atoms with Crippen molar-refractivity contribution in [3.63, 3.8) is 0 Å². The van der Waals surface area contributed by atoms with Crippen molar-refractivity contribution in [3.05, 3.63) is 95.9 Å². The van der Waals surface area contributed by atoms with Crippen LogP contribution in [0.5, 0.6) is 0 Å².